The first kappa shape index (κ1) is 21.4. The maximum Gasteiger partial charge on any atom is 0.276 e. The van der Waals surface area contributed by atoms with E-state index in [-0.39, 0.29) is 41.7 Å². The van der Waals surface area contributed by atoms with Crippen LogP contribution in [0.2, 0.25) is 0 Å². The van der Waals surface area contributed by atoms with Gasteiger partial charge in [0.2, 0.25) is 0 Å². The van der Waals surface area contributed by atoms with E-state index in [2.05, 4.69) is 10.3 Å². The number of halogens is 1. The molecule has 10 heteroatoms. The van der Waals surface area contributed by atoms with Crippen molar-refractivity contribution in [2.24, 2.45) is 5.73 Å². The molecule has 2 N–H and O–H groups in total. The maximum absolute atomic E-state index is 13.1. The normalized spacial score (nSPS) is 18.1. The molecular weight excluding hydrogens is 408 g/mol. The highest BCUT2D eigenvalue weighted by Crippen LogP contribution is 2.28. The van der Waals surface area contributed by atoms with E-state index in [0.717, 1.165) is 5.56 Å². The summed E-state index contributed by atoms with van der Waals surface area (Å²) in [7, 11) is 0. The van der Waals surface area contributed by atoms with Crippen LogP contribution in [0.3, 0.4) is 0 Å². The number of amides is 1. The van der Waals surface area contributed by atoms with Gasteiger partial charge in [0.25, 0.3) is 11.6 Å². The summed E-state index contributed by atoms with van der Waals surface area (Å²) in [5, 5.41) is 19.1. The quantitative estimate of drug-likeness (QED) is 0.503. The van der Waals surface area contributed by atoms with E-state index in [0.29, 0.717) is 24.5 Å². The molecule has 0 aliphatic carbocycles. The van der Waals surface area contributed by atoms with Gasteiger partial charge in [0.05, 0.1) is 16.3 Å². The Morgan fingerprint density at radius 2 is 1.90 bits per heavy atom. The highest BCUT2D eigenvalue weighted by Gasteiger charge is 2.36. The topological polar surface area (TPSA) is 120 Å². The fourth-order valence-corrected chi connectivity index (χ4v) is 3.71. The molecule has 2 heterocycles. The molecule has 0 saturated carbocycles. The van der Waals surface area contributed by atoms with Crippen LogP contribution in [0.25, 0.3) is 5.69 Å². The Labute approximate surface area is 179 Å². The lowest BCUT2D eigenvalue weighted by Gasteiger charge is -2.15. The summed E-state index contributed by atoms with van der Waals surface area (Å²) in [6.45, 7) is 2.66. The molecule has 9 nitrogen and oxygen atoms in total. The summed E-state index contributed by atoms with van der Waals surface area (Å²) in [5.41, 5.74) is 8.56. The molecule has 1 saturated heterocycles. The number of benzene rings is 2. The first-order valence-corrected chi connectivity index (χ1v) is 9.22. The van der Waals surface area contributed by atoms with Crippen molar-refractivity contribution in [3.63, 3.8) is 0 Å². The standard InChI is InChI=1S/C20H20N6O3.ClH/c1-13-19(22-23-25(13)15-8-5-9-16(10-15)26(28)29)20(27)24-11-17(18(21)12-24)14-6-3-2-4-7-14;/h2-10,17-18H,11-12,21H2,1H3;1H/t17-,18+;/m0./s1. The number of carbonyl (C=O) groups is 1. The van der Waals surface area contributed by atoms with Gasteiger partial charge in [-0.15, -0.1) is 17.5 Å². The number of nitro groups is 1. The average molecular weight is 429 g/mol. The zero-order valence-corrected chi connectivity index (χ0v) is 17.0. The summed E-state index contributed by atoms with van der Waals surface area (Å²) in [6, 6.07) is 15.8. The molecule has 2 atom stereocenters. The number of rotatable bonds is 4. The minimum Gasteiger partial charge on any atom is -0.335 e. The van der Waals surface area contributed by atoms with Gasteiger partial charge in [-0.1, -0.05) is 41.6 Å². The number of carbonyl (C=O) groups excluding carboxylic acids is 1. The van der Waals surface area contributed by atoms with Gasteiger partial charge < -0.3 is 10.6 Å². The van der Waals surface area contributed by atoms with Crippen LogP contribution in [-0.4, -0.2) is 49.9 Å². The molecule has 4 rings (SSSR count). The SMILES string of the molecule is Cc1c(C(=O)N2C[C@@H](N)[C@H](c3ccccc3)C2)nnn1-c1cccc([N+](=O)[O-])c1.Cl. The lowest BCUT2D eigenvalue weighted by Crippen LogP contribution is -2.32. The molecule has 0 unspecified atom stereocenters. The van der Waals surface area contributed by atoms with E-state index in [1.807, 2.05) is 30.3 Å². The number of hydrogen-bond donors (Lipinski definition) is 1. The zero-order chi connectivity index (χ0) is 20.5. The second kappa shape index (κ2) is 8.60. The van der Waals surface area contributed by atoms with Crippen molar-refractivity contribution in [2.45, 2.75) is 18.9 Å². The highest BCUT2D eigenvalue weighted by molar-refractivity contribution is 5.93. The van der Waals surface area contributed by atoms with Crippen molar-refractivity contribution in [3.05, 3.63) is 81.7 Å². The van der Waals surface area contributed by atoms with Crippen LogP contribution in [0.1, 0.15) is 27.7 Å². The first-order chi connectivity index (χ1) is 14.0. The Balaban J connectivity index is 0.00000256. The summed E-state index contributed by atoms with van der Waals surface area (Å²) < 4.78 is 1.44. The van der Waals surface area contributed by atoms with Crippen LogP contribution >= 0.6 is 12.4 Å². The molecule has 0 radical (unpaired) electrons. The minimum absolute atomic E-state index is 0. The van der Waals surface area contributed by atoms with Crippen molar-refractivity contribution in [3.8, 4) is 5.69 Å². The molecule has 1 aliphatic heterocycles. The van der Waals surface area contributed by atoms with Crippen LogP contribution in [0.5, 0.6) is 0 Å². The second-order valence-corrected chi connectivity index (χ2v) is 7.10. The Bertz CT molecular complexity index is 1070. The van der Waals surface area contributed by atoms with Crippen molar-refractivity contribution in [1.82, 2.24) is 19.9 Å². The number of non-ortho nitro benzene ring substituents is 1. The summed E-state index contributed by atoms with van der Waals surface area (Å²) in [6.07, 6.45) is 0. The molecule has 1 fully saturated rings. The van der Waals surface area contributed by atoms with Crippen LogP contribution in [0, 0.1) is 17.0 Å². The lowest BCUT2D eigenvalue weighted by molar-refractivity contribution is -0.384. The van der Waals surface area contributed by atoms with E-state index in [1.165, 1.54) is 16.8 Å². The van der Waals surface area contributed by atoms with Gasteiger partial charge in [-0.2, -0.15) is 0 Å². The van der Waals surface area contributed by atoms with Crippen molar-refractivity contribution >= 4 is 24.0 Å². The predicted octanol–water partition coefficient (Wildman–Crippen LogP) is 2.47. The summed E-state index contributed by atoms with van der Waals surface area (Å²) >= 11 is 0. The third-order valence-corrected chi connectivity index (χ3v) is 5.26. The second-order valence-electron chi connectivity index (χ2n) is 7.10. The van der Waals surface area contributed by atoms with Crippen molar-refractivity contribution in [2.75, 3.05) is 13.1 Å². The van der Waals surface area contributed by atoms with Crippen LogP contribution in [0.15, 0.2) is 54.6 Å². The van der Waals surface area contributed by atoms with Gasteiger partial charge in [0.1, 0.15) is 0 Å². The first-order valence-electron chi connectivity index (χ1n) is 9.22. The number of nitro benzene ring substituents is 1. The Hall–Kier alpha value is -3.30. The molecule has 0 spiro atoms. The Morgan fingerprint density at radius 1 is 1.17 bits per heavy atom. The number of nitrogens with zero attached hydrogens (tertiary/aromatic N) is 5. The minimum atomic E-state index is -0.475. The van der Waals surface area contributed by atoms with Crippen LogP contribution in [-0.2, 0) is 0 Å². The molecule has 1 aliphatic rings. The van der Waals surface area contributed by atoms with Gasteiger partial charge in [0, 0.05) is 37.2 Å². The van der Waals surface area contributed by atoms with Gasteiger partial charge in [-0.3, -0.25) is 14.9 Å². The largest absolute Gasteiger partial charge is 0.335 e. The van der Waals surface area contributed by atoms with E-state index in [1.54, 1.807) is 24.0 Å². The average Bonchev–Trinajstić information content (AvgIpc) is 3.31. The third kappa shape index (κ3) is 3.89. The van der Waals surface area contributed by atoms with E-state index in [4.69, 9.17) is 5.73 Å². The van der Waals surface area contributed by atoms with Crippen molar-refractivity contribution in [1.29, 1.82) is 0 Å². The fourth-order valence-electron chi connectivity index (χ4n) is 3.71. The Morgan fingerprint density at radius 3 is 2.60 bits per heavy atom. The van der Waals surface area contributed by atoms with Gasteiger partial charge in [-0.25, -0.2) is 4.68 Å². The van der Waals surface area contributed by atoms with Crippen molar-refractivity contribution < 1.29 is 9.72 Å². The smallest absolute Gasteiger partial charge is 0.276 e. The van der Waals surface area contributed by atoms with E-state index in [9.17, 15) is 14.9 Å². The van der Waals surface area contributed by atoms with E-state index >= 15 is 0 Å². The van der Waals surface area contributed by atoms with Crippen LogP contribution in [0.4, 0.5) is 5.69 Å². The number of nitrogens with two attached hydrogens (primary N) is 1. The van der Waals surface area contributed by atoms with E-state index < -0.39 is 4.92 Å². The molecule has 1 aromatic heterocycles. The molecular formula is C20H21ClN6O3. The zero-order valence-electron chi connectivity index (χ0n) is 16.2. The summed E-state index contributed by atoms with van der Waals surface area (Å²) in [4.78, 5) is 25.3. The summed E-state index contributed by atoms with van der Waals surface area (Å²) in [5.74, 6) is -0.180. The molecule has 3 aromatic rings. The number of likely N-dealkylation sites (tertiary alicyclic amines) is 1. The molecule has 0 bridgehead atoms. The maximum atomic E-state index is 13.1. The van der Waals surface area contributed by atoms with Gasteiger partial charge >= 0.3 is 0 Å². The molecule has 2 aromatic carbocycles. The third-order valence-electron chi connectivity index (χ3n) is 5.26. The molecule has 156 valence electrons. The van der Waals surface area contributed by atoms with Crippen LogP contribution < -0.4 is 5.73 Å². The monoisotopic (exact) mass is 428 g/mol. The van der Waals surface area contributed by atoms with Gasteiger partial charge in [0.15, 0.2) is 5.69 Å². The number of hydrogen-bond acceptors (Lipinski definition) is 6. The highest BCUT2D eigenvalue weighted by atomic mass is 35.5. The predicted molar refractivity (Wildman–Crippen MR) is 113 cm³/mol. The Kier molecular flexibility index (Phi) is 6.14. The fraction of sp³-hybridized carbons (Fsp3) is 0.250. The lowest BCUT2D eigenvalue weighted by atomic mass is 9.95. The number of aromatic nitrogens is 3. The molecule has 1 amide bonds. The molecule has 30 heavy (non-hydrogen) atoms. The van der Waals surface area contributed by atoms with Gasteiger partial charge in [-0.05, 0) is 18.6 Å².